The van der Waals surface area contributed by atoms with Gasteiger partial charge in [-0.15, -0.1) is 0 Å². The molecule has 0 unspecified atom stereocenters. The molecule has 24 heavy (non-hydrogen) atoms. The zero-order valence-electron chi connectivity index (χ0n) is 11.2. The van der Waals surface area contributed by atoms with Crippen molar-refractivity contribution in [3.05, 3.63) is 69.8 Å². The zero-order chi connectivity index (χ0) is 18.2. The molecular weight excluding hydrogens is 352 g/mol. The van der Waals surface area contributed by atoms with Gasteiger partial charge >= 0.3 is 5.97 Å². The summed E-state index contributed by atoms with van der Waals surface area (Å²) >= 11 is 0. The highest BCUT2D eigenvalue weighted by Gasteiger charge is 2.30. The number of esters is 1. The SMILES string of the molecule is O=C(OCc1cc(F)c(F)cc1F)c1c(F)c(F)c(F)c(F)c1F. The Morgan fingerprint density at radius 1 is 0.708 bits per heavy atom. The van der Waals surface area contributed by atoms with Gasteiger partial charge in [0, 0.05) is 11.6 Å². The average molecular weight is 356 g/mol. The van der Waals surface area contributed by atoms with Crippen molar-refractivity contribution in [1.29, 1.82) is 0 Å². The predicted octanol–water partition coefficient (Wildman–Crippen LogP) is 4.16. The Labute approximate surface area is 128 Å². The van der Waals surface area contributed by atoms with E-state index in [2.05, 4.69) is 4.74 Å². The van der Waals surface area contributed by atoms with Crippen LogP contribution in [0.15, 0.2) is 12.1 Å². The summed E-state index contributed by atoms with van der Waals surface area (Å²) in [5.74, 6) is -18.5. The molecule has 0 saturated carbocycles. The molecule has 0 saturated heterocycles. The van der Waals surface area contributed by atoms with Crippen LogP contribution >= 0.6 is 0 Å². The average Bonchev–Trinajstić information content (AvgIpc) is 2.53. The van der Waals surface area contributed by atoms with Crippen LogP contribution in [0.5, 0.6) is 0 Å². The summed E-state index contributed by atoms with van der Waals surface area (Å²) in [6, 6.07) is 0.424. The monoisotopic (exact) mass is 356 g/mol. The van der Waals surface area contributed by atoms with Gasteiger partial charge in [-0.2, -0.15) is 0 Å². The Balaban J connectivity index is 2.31. The Morgan fingerprint density at radius 2 is 1.17 bits per heavy atom. The van der Waals surface area contributed by atoms with E-state index in [1.54, 1.807) is 0 Å². The molecule has 2 aromatic rings. The van der Waals surface area contributed by atoms with Crippen molar-refractivity contribution < 1.29 is 44.7 Å². The first kappa shape index (κ1) is 17.7. The highest BCUT2D eigenvalue weighted by Crippen LogP contribution is 2.24. The van der Waals surface area contributed by atoms with Crippen LogP contribution in [0, 0.1) is 46.5 Å². The van der Waals surface area contributed by atoms with Crippen LogP contribution in [0.2, 0.25) is 0 Å². The second kappa shape index (κ2) is 6.46. The maximum atomic E-state index is 13.4. The first-order valence-corrected chi connectivity index (χ1v) is 5.97. The normalized spacial score (nSPS) is 10.8. The molecule has 0 aliphatic carbocycles. The molecule has 0 aliphatic rings. The maximum Gasteiger partial charge on any atom is 0.344 e. The Morgan fingerprint density at radius 3 is 1.71 bits per heavy atom. The fraction of sp³-hybridized carbons (Fsp3) is 0.0714. The molecule has 128 valence electrons. The minimum absolute atomic E-state index is 0.122. The second-order valence-corrected chi connectivity index (χ2v) is 4.38. The van der Waals surface area contributed by atoms with E-state index in [0.29, 0.717) is 6.07 Å². The third-order valence-electron chi connectivity index (χ3n) is 2.86. The van der Waals surface area contributed by atoms with Crippen LogP contribution in [0.25, 0.3) is 0 Å². The van der Waals surface area contributed by atoms with Gasteiger partial charge in [-0.25, -0.2) is 39.9 Å². The van der Waals surface area contributed by atoms with Gasteiger partial charge in [0.05, 0.1) is 0 Å². The van der Waals surface area contributed by atoms with Gasteiger partial charge in [0.1, 0.15) is 18.0 Å². The van der Waals surface area contributed by atoms with E-state index in [0.717, 1.165) is 0 Å². The molecule has 0 bridgehead atoms. The molecule has 0 amide bonds. The van der Waals surface area contributed by atoms with E-state index < -0.39 is 70.2 Å². The summed E-state index contributed by atoms with van der Waals surface area (Å²) in [6.07, 6.45) is 0. The van der Waals surface area contributed by atoms with Gasteiger partial charge in [-0.3, -0.25) is 0 Å². The molecule has 0 N–H and O–H groups in total. The lowest BCUT2D eigenvalue weighted by Crippen LogP contribution is -2.15. The van der Waals surface area contributed by atoms with E-state index in [-0.39, 0.29) is 6.07 Å². The third kappa shape index (κ3) is 3.03. The molecule has 0 spiro atoms. The first-order chi connectivity index (χ1) is 11.1. The van der Waals surface area contributed by atoms with E-state index in [4.69, 9.17) is 0 Å². The minimum atomic E-state index is -2.48. The number of carbonyl (C=O) groups excluding carboxylic acids is 1. The zero-order valence-corrected chi connectivity index (χ0v) is 11.2. The number of hydrogen-bond acceptors (Lipinski definition) is 2. The fourth-order valence-corrected chi connectivity index (χ4v) is 1.67. The number of hydrogen-bond donors (Lipinski definition) is 0. The Hall–Kier alpha value is -2.65. The molecule has 0 aromatic heterocycles. The highest BCUT2D eigenvalue weighted by atomic mass is 19.2. The van der Waals surface area contributed by atoms with Crippen LogP contribution in [0.1, 0.15) is 15.9 Å². The number of ether oxygens (including phenoxy) is 1. The van der Waals surface area contributed by atoms with Gasteiger partial charge in [-0.1, -0.05) is 0 Å². The third-order valence-corrected chi connectivity index (χ3v) is 2.86. The molecule has 2 aromatic carbocycles. The number of halogens is 8. The molecule has 0 aliphatic heterocycles. The number of carbonyl (C=O) groups is 1. The van der Waals surface area contributed by atoms with E-state index >= 15 is 0 Å². The van der Waals surface area contributed by atoms with Gasteiger partial charge in [0.2, 0.25) is 5.82 Å². The largest absolute Gasteiger partial charge is 0.457 e. The lowest BCUT2D eigenvalue weighted by Gasteiger charge is -2.09. The van der Waals surface area contributed by atoms with Crippen molar-refractivity contribution in [3.8, 4) is 0 Å². The molecular formula is C14H4F8O2. The van der Waals surface area contributed by atoms with Crippen molar-refractivity contribution >= 4 is 5.97 Å². The standard InChI is InChI=1S/C14H4F8O2/c15-5-2-7(17)6(16)1-4(5)3-24-14(23)8-9(18)11(20)13(22)12(21)10(8)19/h1-2H,3H2. The topological polar surface area (TPSA) is 26.3 Å². The maximum absolute atomic E-state index is 13.4. The lowest BCUT2D eigenvalue weighted by molar-refractivity contribution is 0.0453. The van der Waals surface area contributed by atoms with Crippen LogP contribution in [-0.4, -0.2) is 5.97 Å². The molecule has 2 rings (SSSR count). The number of rotatable bonds is 3. The van der Waals surface area contributed by atoms with Crippen LogP contribution in [-0.2, 0) is 11.3 Å². The molecule has 2 nitrogen and oxygen atoms in total. The van der Waals surface area contributed by atoms with E-state index in [1.165, 1.54) is 0 Å². The first-order valence-electron chi connectivity index (χ1n) is 5.97. The van der Waals surface area contributed by atoms with Crippen molar-refractivity contribution in [3.63, 3.8) is 0 Å². The smallest absolute Gasteiger partial charge is 0.344 e. The summed E-state index contributed by atoms with van der Waals surface area (Å²) < 4.78 is 109. The van der Waals surface area contributed by atoms with Gasteiger partial charge in [-0.05, 0) is 6.07 Å². The van der Waals surface area contributed by atoms with Crippen molar-refractivity contribution in [1.82, 2.24) is 0 Å². The van der Waals surface area contributed by atoms with Crippen LogP contribution < -0.4 is 0 Å². The van der Waals surface area contributed by atoms with Gasteiger partial charge in [0.25, 0.3) is 0 Å². The summed E-state index contributed by atoms with van der Waals surface area (Å²) in [4.78, 5) is 11.5. The van der Waals surface area contributed by atoms with E-state index in [9.17, 15) is 39.9 Å². The molecule has 0 atom stereocenters. The molecule has 0 fully saturated rings. The minimum Gasteiger partial charge on any atom is -0.457 e. The molecule has 0 heterocycles. The summed E-state index contributed by atoms with van der Waals surface area (Å²) in [5, 5.41) is 0. The quantitative estimate of drug-likeness (QED) is 0.357. The van der Waals surface area contributed by atoms with Gasteiger partial charge in [0.15, 0.2) is 34.9 Å². The Bertz CT molecular complexity index is 805. The van der Waals surface area contributed by atoms with E-state index in [1.807, 2.05) is 0 Å². The summed E-state index contributed by atoms with van der Waals surface area (Å²) in [5.41, 5.74) is -2.61. The van der Waals surface area contributed by atoms with Crippen molar-refractivity contribution in [2.24, 2.45) is 0 Å². The Kier molecular flexibility index (Phi) is 4.76. The summed E-state index contributed by atoms with van der Waals surface area (Å²) in [7, 11) is 0. The van der Waals surface area contributed by atoms with Crippen LogP contribution in [0.3, 0.4) is 0 Å². The predicted molar refractivity (Wildman–Crippen MR) is 61.7 cm³/mol. The van der Waals surface area contributed by atoms with Crippen LogP contribution in [0.4, 0.5) is 35.1 Å². The fourth-order valence-electron chi connectivity index (χ4n) is 1.67. The number of benzene rings is 2. The highest BCUT2D eigenvalue weighted by molar-refractivity contribution is 5.90. The lowest BCUT2D eigenvalue weighted by atomic mass is 10.1. The van der Waals surface area contributed by atoms with Crippen molar-refractivity contribution in [2.45, 2.75) is 6.61 Å². The molecule has 10 heteroatoms. The molecule has 0 radical (unpaired) electrons. The van der Waals surface area contributed by atoms with Gasteiger partial charge < -0.3 is 4.74 Å². The van der Waals surface area contributed by atoms with Crippen molar-refractivity contribution in [2.75, 3.05) is 0 Å². The second-order valence-electron chi connectivity index (χ2n) is 4.38. The summed E-state index contributed by atoms with van der Waals surface area (Å²) in [6.45, 7) is -1.14.